The lowest BCUT2D eigenvalue weighted by Gasteiger charge is -2.06. The van der Waals surface area contributed by atoms with E-state index < -0.39 is 0 Å². The normalized spacial score (nSPS) is 11.9. The van der Waals surface area contributed by atoms with Gasteiger partial charge < -0.3 is 9.30 Å². The fourth-order valence-electron chi connectivity index (χ4n) is 2.09. The summed E-state index contributed by atoms with van der Waals surface area (Å²) >= 11 is 12.2. The minimum Gasteiger partial charge on any atom is -0.466 e. The standard InChI is InChI=1S/C15H15Cl2NO2/c1-3-10(15(19)20-2)4-6-18-7-5-12-13(17)8-11(16)9-14(12)18/h4-5,7-9H,3,6H2,1-2H3/b10-4-. The molecule has 1 aromatic carbocycles. The van der Waals surface area contributed by atoms with Crippen LogP contribution in [0.2, 0.25) is 10.0 Å². The van der Waals surface area contributed by atoms with Crippen molar-refractivity contribution in [2.45, 2.75) is 19.9 Å². The summed E-state index contributed by atoms with van der Waals surface area (Å²) < 4.78 is 6.73. The van der Waals surface area contributed by atoms with Gasteiger partial charge in [-0.25, -0.2) is 4.79 Å². The summed E-state index contributed by atoms with van der Waals surface area (Å²) in [5.74, 6) is -0.292. The molecule has 2 aromatic rings. The number of nitrogens with zero attached hydrogens (tertiary/aromatic N) is 1. The van der Waals surface area contributed by atoms with Crippen LogP contribution >= 0.6 is 23.2 Å². The summed E-state index contributed by atoms with van der Waals surface area (Å²) in [7, 11) is 1.39. The van der Waals surface area contributed by atoms with Crippen molar-refractivity contribution < 1.29 is 9.53 Å². The van der Waals surface area contributed by atoms with Gasteiger partial charge in [-0.15, -0.1) is 0 Å². The van der Waals surface area contributed by atoms with Crippen molar-refractivity contribution in [3.63, 3.8) is 0 Å². The number of carbonyl (C=O) groups excluding carboxylic acids is 1. The molecule has 0 saturated heterocycles. The number of hydrogen-bond acceptors (Lipinski definition) is 2. The molecule has 0 aliphatic heterocycles. The second-order valence-corrected chi connectivity index (χ2v) is 5.21. The van der Waals surface area contributed by atoms with Crippen LogP contribution in [0.25, 0.3) is 10.9 Å². The molecule has 2 rings (SSSR count). The van der Waals surface area contributed by atoms with E-state index >= 15 is 0 Å². The van der Waals surface area contributed by atoms with Crippen LogP contribution in [-0.2, 0) is 16.1 Å². The topological polar surface area (TPSA) is 31.2 Å². The average molecular weight is 312 g/mol. The molecule has 0 amide bonds. The summed E-state index contributed by atoms with van der Waals surface area (Å²) in [6.45, 7) is 2.49. The van der Waals surface area contributed by atoms with Gasteiger partial charge in [-0.2, -0.15) is 0 Å². The van der Waals surface area contributed by atoms with Crippen molar-refractivity contribution in [3.05, 3.63) is 46.1 Å². The molecule has 1 heterocycles. The van der Waals surface area contributed by atoms with E-state index in [-0.39, 0.29) is 5.97 Å². The fourth-order valence-corrected chi connectivity index (χ4v) is 2.64. The molecule has 20 heavy (non-hydrogen) atoms. The van der Waals surface area contributed by atoms with Crippen LogP contribution in [0, 0.1) is 0 Å². The van der Waals surface area contributed by atoms with Crippen LogP contribution in [0.15, 0.2) is 36.0 Å². The molecule has 0 fully saturated rings. The molecule has 0 unspecified atom stereocenters. The number of benzene rings is 1. The first-order valence-electron chi connectivity index (χ1n) is 6.28. The Morgan fingerprint density at radius 3 is 2.80 bits per heavy atom. The lowest BCUT2D eigenvalue weighted by Crippen LogP contribution is -2.05. The van der Waals surface area contributed by atoms with E-state index in [2.05, 4.69) is 0 Å². The zero-order valence-electron chi connectivity index (χ0n) is 11.3. The van der Waals surface area contributed by atoms with E-state index in [0.717, 1.165) is 10.9 Å². The maximum absolute atomic E-state index is 11.5. The molecule has 0 aliphatic rings. The highest BCUT2D eigenvalue weighted by Gasteiger charge is 2.08. The third-order valence-corrected chi connectivity index (χ3v) is 3.70. The molecule has 0 atom stereocenters. The third-order valence-electron chi connectivity index (χ3n) is 3.17. The highest BCUT2D eigenvalue weighted by atomic mass is 35.5. The van der Waals surface area contributed by atoms with Crippen LogP contribution in [-0.4, -0.2) is 17.6 Å². The van der Waals surface area contributed by atoms with Gasteiger partial charge in [-0.3, -0.25) is 0 Å². The summed E-state index contributed by atoms with van der Waals surface area (Å²) in [5.41, 5.74) is 1.60. The average Bonchev–Trinajstić information content (AvgIpc) is 2.82. The number of esters is 1. The van der Waals surface area contributed by atoms with Gasteiger partial charge in [0.05, 0.1) is 17.6 Å². The minimum absolute atomic E-state index is 0.292. The fraction of sp³-hybridized carbons (Fsp3) is 0.267. The number of fused-ring (bicyclic) bond motifs is 1. The predicted molar refractivity (Wildman–Crippen MR) is 82.3 cm³/mol. The van der Waals surface area contributed by atoms with Crippen LogP contribution in [0.1, 0.15) is 13.3 Å². The summed E-state index contributed by atoms with van der Waals surface area (Å²) in [4.78, 5) is 11.5. The lowest BCUT2D eigenvalue weighted by molar-refractivity contribution is -0.136. The first-order chi connectivity index (χ1) is 9.56. The maximum Gasteiger partial charge on any atom is 0.333 e. The van der Waals surface area contributed by atoms with Crippen molar-refractivity contribution in [2.24, 2.45) is 0 Å². The van der Waals surface area contributed by atoms with Crippen molar-refractivity contribution >= 4 is 40.1 Å². The van der Waals surface area contributed by atoms with Gasteiger partial charge >= 0.3 is 5.97 Å². The first kappa shape index (κ1) is 14.9. The van der Waals surface area contributed by atoms with Gasteiger partial charge in [0.25, 0.3) is 0 Å². The van der Waals surface area contributed by atoms with Crippen molar-refractivity contribution in [1.29, 1.82) is 0 Å². The monoisotopic (exact) mass is 311 g/mol. The Bertz CT molecular complexity index is 674. The number of halogens is 2. The molecular formula is C15H15Cl2NO2. The smallest absolute Gasteiger partial charge is 0.333 e. The Morgan fingerprint density at radius 2 is 2.15 bits per heavy atom. The van der Waals surface area contributed by atoms with Gasteiger partial charge in [-0.1, -0.05) is 36.2 Å². The molecule has 5 heteroatoms. The zero-order valence-corrected chi connectivity index (χ0v) is 12.8. The van der Waals surface area contributed by atoms with Crippen molar-refractivity contribution in [2.75, 3.05) is 7.11 Å². The summed E-state index contributed by atoms with van der Waals surface area (Å²) in [5, 5.41) is 2.16. The van der Waals surface area contributed by atoms with Crippen LogP contribution in [0.5, 0.6) is 0 Å². The van der Waals surface area contributed by atoms with Crippen LogP contribution in [0.4, 0.5) is 0 Å². The van der Waals surface area contributed by atoms with Crippen molar-refractivity contribution in [1.82, 2.24) is 4.57 Å². The van der Waals surface area contributed by atoms with Gasteiger partial charge in [-0.05, 0) is 24.6 Å². The molecule has 0 saturated carbocycles. The predicted octanol–water partition coefficient (Wildman–Crippen LogP) is 4.46. The van der Waals surface area contributed by atoms with E-state index in [1.807, 2.05) is 35.9 Å². The van der Waals surface area contributed by atoms with Gasteiger partial charge in [0.15, 0.2) is 0 Å². The Morgan fingerprint density at radius 1 is 1.40 bits per heavy atom. The minimum atomic E-state index is -0.292. The van der Waals surface area contributed by atoms with E-state index in [9.17, 15) is 4.79 Å². The highest BCUT2D eigenvalue weighted by molar-refractivity contribution is 6.38. The molecule has 106 valence electrons. The molecule has 0 spiro atoms. The molecule has 0 N–H and O–H groups in total. The molecule has 0 radical (unpaired) electrons. The van der Waals surface area contributed by atoms with E-state index in [1.54, 1.807) is 6.07 Å². The number of rotatable bonds is 4. The zero-order chi connectivity index (χ0) is 14.7. The quantitative estimate of drug-likeness (QED) is 0.616. The Balaban J connectivity index is 2.35. The summed E-state index contributed by atoms with van der Waals surface area (Å²) in [6.07, 6.45) is 4.42. The Hall–Kier alpha value is -1.45. The third kappa shape index (κ3) is 3.00. The van der Waals surface area contributed by atoms with E-state index in [0.29, 0.717) is 28.6 Å². The van der Waals surface area contributed by atoms with Gasteiger partial charge in [0, 0.05) is 28.7 Å². The Kier molecular flexibility index (Phi) is 4.73. The van der Waals surface area contributed by atoms with Crippen LogP contribution < -0.4 is 0 Å². The van der Waals surface area contributed by atoms with Gasteiger partial charge in [0.2, 0.25) is 0 Å². The number of hydrogen-bond donors (Lipinski definition) is 0. The first-order valence-corrected chi connectivity index (χ1v) is 7.03. The van der Waals surface area contributed by atoms with Crippen molar-refractivity contribution in [3.8, 4) is 0 Å². The highest BCUT2D eigenvalue weighted by Crippen LogP contribution is 2.28. The molecule has 1 aromatic heterocycles. The summed E-state index contributed by atoms with van der Waals surface area (Å²) in [6, 6.07) is 5.52. The van der Waals surface area contributed by atoms with E-state index in [4.69, 9.17) is 27.9 Å². The molecule has 3 nitrogen and oxygen atoms in total. The number of ether oxygens (including phenoxy) is 1. The maximum atomic E-state index is 11.5. The Labute approximate surface area is 127 Å². The van der Waals surface area contributed by atoms with Gasteiger partial charge in [0.1, 0.15) is 0 Å². The van der Waals surface area contributed by atoms with E-state index in [1.165, 1.54) is 7.11 Å². The SMILES string of the molecule is CC/C(=C/Cn1ccc2c(Cl)cc(Cl)cc21)C(=O)OC. The molecule has 0 bridgehead atoms. The number of carbonyl (C=O) groups is 1. The number of allylic oxidation sites excluding steroid dienone is 1. The molecular weight excluding hydrogens is 297 g/mol. The lowest BCUT2D eigenvalue weighted by atomic mass is 10.2. The second-order valence-electron chi connectivity index (χ2n) is 4.36. The number of aromatic nitrogens is 1. The number of methoxy groups -OCH3 is 1. The molecule has 0 aliphatic carbocycles. The largest absolute Gasteiger partial charge is 0.466 e. The van der Waals surface area contributed by atoms with Crippen LogP contribution in [0.3, 0.4) is 0 Å². The second kappa shape index (κ2) is 6.33.